The molecule has 0 spiro atoms. The van der Waals surface area contributed by atoms with E-state index in [1.807, 2.05) is 0 Å². The number of hydrogen-bond acceptors (Lipinski definition) is 4. The summed E-state index contributed by atoms with van der Waals surface area (Å²) < 4.78 is 46.2. The summed E-state index contributed by atoms with van der Waals surface area (Å²) in [4.78, 5) is 12.1. The van der Waals surface area contributed by atoms with Crippen molar-refractivity contribution in [1.82, 2.24) is 5.32 Å². The predicted molar refractivity (Wildman–Crippen MR) is 122 cm³/mol. The SMILES string of the molecule is COc1ccc(NS(=O)(=O)c2ccc(/C=C/C(=O)NCCc3ccccc3F)cc2)cc1. The lowest BCUT2D eigenvalue weighted by Crippen LogP contribution is -2.23. The van der Waals surface area contributed by atoms with Crippen LogP contribution >= 0.6 is 0 Å². The minimum Gasteiger partial charge on any atom is -0.497 e. The zero-order valence-corrected chi connectivity index (χ0v) is 18.2. The smallest absolute Gasteiger partial charge is 0.261 e. The lowest BCUT2D eigenvalue weighted by Gasteiger charge is -2.09. The zero-order chi connectivity index (χ0) is 23.0. The maximum atomic E-state index is 13.6. The highest BCUT2D eigenvalue weighted by atomic mass is 32.2. The maximum absolute atomic E-state index is 13.6. The molecule has 0 radical (unpaired) electrons. The van der Waals surface area contributed by atoms with Gasteiger partial charge in [-0.05, 0) is 66.1 Å². The minimum atomic E-state index is -3.75. The molecule has 6 nitrogen and oxygen atoms in total. The standard InChI is InChI=1S/C24H23FN2O4S/c1-31-21-11-9-20(10-12-21)27-32(29,30)22-13-6-18(7-14-22)8-15-24(28)26-17-16-19-4-2-3-5-23(19)25/h2-15,27H,16-17H2,1H3,(H,26,28)/b15-8+. The summed E-state index contributed by atoms with van der Waals surface area (Å²) in [6.07, 6.45) is 3.31. The fourth-order valence-corrected chi connectivity index (χ4v) is 3.94. The van der Waals surface area contributed by atoms with Gasteiger partial charge in [-0.15, -0.1) is 0 Å². The Kier molecular flexibility index (Phi) is 7.62. The molecule has 8 heteroatoms. The highest BCUT2D eigenvalue weighted by molar-refractivity contribution is 7.92. The molecule has 3 aromatic rings. The van der Waals surface area contributed by atoms with Gasteiger partial charge >= 0.3 is 0 Å². The van der Waals surface area contributed by atoms with Crippen molar-refractivity contribution in [3.05, 3.63) is 95.8 Å². The molecule has 0 atom stereocenters. The second-order valence-electron chi connectivity index (χ2n) is 6.87. The number of rotatable bonds is 9. The molecule has 3 rings (SSSR count). The van der Waals surface area contributed by atoms with Crippen molar-refractivity contribution in [1.29, 1.82) is 0 Å². The molecule has 0 unspecified atom stereocenters. The summed E-state index contributed by atoms with van der Waals surface area (Å²) >= 11 is 0. The molecule has 166 valence electrons. The van der Waals surface area contributed by atoms with Crippen LogP contribution in [0.3, 0.4) is 0 Å². The molecule has 0 saturated heterocycles. The van der Waals surface area contributed by atoms with E-state index in [4.69, 9.17) is 4.74 Å². The van der Waals surface area contributed by atoms with Crippen LogP contribution in [0.1, 0.15) is 11.1 Å². The van der Waals surface area contributed by atoms with Crippen molar-refractivity contribution in [2.45, 2.75) is 11.3 Å². The van der Waals surface area contributed by atoms with Gasteiger partial charge in [-0.25, -0.2) is 12.8 Å². The summed E-state index contributed by atoms with van der Waals surface area (Å²) in [6, 6.07) is 19.1. The number of anilines is 1. The fourth-order valence-electron chi connectivity index (χ4n) is 2.88. The van der Waals surface area contributed by atoms with Crippen LogP contribution in [0.5, 0.6) is 5.75 Å². The van der Waals surface area contributed by atoms with Gasteiger partial charge in [0.05, 0.1) is 12.0 Å². The number of sulfonamides is 1. The number of carbonyl (C=O) groups excluding carboxylic acids is 1. The fraction of sp³-hybridized carbons (Fsp3) is 0.125. The second-order valence-corrected chi connectivity index (χ2v) is 8.55. The molecule has 1 amide bonds. The molecule has 0 aliphatic carbocycles. The monoisotopic (exact) mass is 454 g/mol. The Balaban J connectivity index is 1.54. The first kappa shape index (κ1) is 23.0. The highest BCUT2D eigenvalue weighted by Gasteiger charge is 2.14. The van der Waals surface area contributed by atoms with E-state index in [2.05, 4.69) is 10.0 Å². The van der Waals surface area contributed by atoms with E-state index in [-0.39, 0.29) is 16.6 Å². The number of benzene rings is 3. The largest absolute Gasteiger partial charge is 0.497 e. The number of hydrogen-bond donors (Lipinski definition) is 2. The van der Waals surface area contributed by atoms with Crippen LogP contribution in [0, 0.1) is 5.82 Å². The molecule has 0 aliphatic rings. The summed E-state index contributed by atoms with van der Waals surface area (Å²) in [5.74, 6) is 0.00776. The summed E-state index contributed by atoms with van der Waals surface area (Å²) in [5, 5.41) is 2.69. The van der Waals surface area contributed by atoms with Crippen LogP contribution < -0.4 is 14.8 Å². The Labute approximate surface area is 186 Å². The van der Waals surface area contributed by atoms with Gasteiger partial charge in [-0.2, -0.15) is 0 Å². The molecule has 0 aliphatic heterocycles. The minimum absolute atomic E-state index is 0.0970. The Morgan fingerprint density at radius 1 is 1.00 bits per heavy atom. The summed E-state index contributed by atoms with van der Waals surface area (Å²) in [6.45, 7) is 0.304. The molecular formula is C24H23FN2O4S. The molecule has 2 N–H and O–H groups in total. The van der Waals surface area contributed by atoms with Gasteiger partial charge in [0.2, 0.25) is 5.91 Å². The van der Waals surface area contributed by atoms with Crippen molar-refractivity contribution in [3.63, 3.8) is 0 Å². The van der Waals surface area contributed by atoms with E-state index in [9.17, 15) is 17.6 Å². The summed E-state index contributed by atoms with van der Waals surface area (Å²) in [7, 11) is -2.22. The first-order chi connectivity index (χ1) is 15.4. The third kappa shape index (κ3) is 6.42. The van der Waals surface area contributed by atoms with Gasteiger partial charge in [0.15, 0.2) is 0 Å². The van der Waals surface area contributed by atoms with E-state index in [0.717, 1.165) is 0 Å². The molecule has 3 aromatic carbocycles. The Morgan fingerprint density at radius 3 is 2.34 bits per heavy atom. The predicted octanol–water partition coefficient (Wildman–Crippen LogP) is 4.01. The Morgan fingerprint density at radius 2 is 1.69 bits per heavy atom. The lowest BCUT2D eigenvalue weighted by molar-refractivity contribution is -0.116. The first-order valence-electron chi connectivity index (χ1n) is 9.83. The van der Waals surface area contributed by atoms with Crippen LogP contribution in [0.2, 0.25) is 0 Å². The van der Waals surface area contributed by atoms with E-state index < -0.39 is 10.0 Å². The molecule has 0 saturated carbocycles. The van der Waals surface area contributed by atoms with Crippen molar-refractivity contribution >= 4 is 27.7 Å². The van der Waals surface area contributed by atoms with Gasteiger partial charge < -0.3 is 10.1 Å². The molecule has 0 fully saturated rings. The molecular weight excluding hydrogens is 431 g/mol. The average Bonchev–Trinajstić information content (AvgIpc) is 2.79. The van der Waals surface area contributed by atoms with E-state index in [1.165, 1.54) is 31.4 Å². The van der Waals surface area contributed by atoms with Crippen molar-refractivity contribution in [2.24, 2.45) is 0 Å². The van der Waals surface area contributed by atoms with E-state index in [1.54, 1.807) is 60.7 Å². The van der Waals surface area contributed by atoms with E-state index >= 15 is 0 Å². The number of carbonyl (C=O) groups is 1. The number of halogens is 1. The lowest BCUT2D eigenvalue weighted by atomic mass is 10.1. The topological polar surface area (TPSA) is 84.5 Å². The number of nitrogens with one attached hydrogen (secondary N) is 2. The number of amides is 1. The Bertz CT molecular complexity index is 1190. The quantitative estimate of drug-likeness (QED) is 0.479. The van der Waals surface area contributed by atoms with E-state index in [0.29, 0.717) is 35.5 Å². The maximum Gasteiger partial charge on any atom is 0.261 e. The average molecular weight is 455 g/mol. The second kappa shape index (κ2) is 10.6. The van der Waals surface area contributed by atoms with Gasteiger partial charge in [-0.1, -0.05) is 30.3 Å². The third-order valence-corrected chi connectivity index (χ3v) is 6.01. The normalized spacial score (nSPS) is 11.3. The van der Waals surface area contributed by atoms with Crippen LogP contribution in [0.15, 0.2) is 83.8 Å². The van der Waals surface area contributed by atoms with Crippen molar-refractivity contribution in [3.8, 4) is 5.75 Å². The van der Waals surface area contributed by atoms with Crippen molar-refractivity contribution in [2.75, 3.05) is 18.4 Å². The molecule has 0 bridgehead atoms. The number of ether oxygens (including phenoxy) is 1. The van der Waals surface area contributed by atoms with Crippen LogP contribution in [-0.2, 0) is 21.2 Å². The van der Waals surface area contributed by atoms with Crippen LogP contribution in [-0.4, -0.2) is 28.0 Å². The summed E-state index contributed by atoms with van der Waals surface area (Å²) in [5.41, 5.74) is 1.62. The molecule has 0 aromatic heterocycles. The van der Waals surface area contributed by atoms with Crippen LogP contribution in [0.25, 0.3) is 6.08 Å². The first-order valence-corrected chi connectivity index (χ1v) is 11.3. The molecule has 32 heavy (non-hydrogen) atoms. The Hall–Kier alpha value is -3.65. The van der Waals surface area contributed by atoms with Crippen LogP contribution in [0.4, 0.5) is 10.1 Å². The highest BCUT2D eigenvalue weighted by Crippen LogP contribution is 2.20. The zero-order valence-electron chi connectivity index (χ0n) is 17.4. The number of methoxy groups -OCH3 is 1. The van der Waals surface area contributed by atoms with Gasteiger partial charge in [0.25, 0.3) is 10.0 Å². The van der Waals surface area contributed by atoms with Crippen molar-refractivity contribution < 1.29 is 22.3 Å². The van der Waals surface area contributed by atoms with Gasteiger partial charge in [0, 0.05) is 18.3 Å². The molecule has 0 heterocycles. The van der Waals surface area contributed by atoms with Gasteiger partial charge in [0.1, 0.15) is 11.6 Å². The third-order valence-electron chi connectivity index (χ3n) is 4.61. The van der Waals surface area contributed by atoms with Gasteiger partial charge in [-0.3, -0.25) is 9.52 Å².